The van der Waals surface area contributed by atoms with Crippen molar-refractivity contribution < 1.29 is 15.3 Å². The van der Waals surface area contributed by atoms with Crippen LogP contribution in [0.2, 0.25) is 0 Å². The largest absolute Gasteiger partial charge is 0.507 e. The second-order valence-corrected chi connectivity index (χ2v) is 23.9. The lowest BCUT2D eigenvalue weighted by Gasteiger charge is -2.32. The summed E-state index contributed by atoms with van der Waals surface area (Å²) in [5.41, 5.74) is 16.0. The molecule has 1 unspecified atom stereocenters. The van der Waals surface area contributed by atoms with Crippen LogP contribution in [0.3, 0.4) is 0 Å². The Labute approximate surface area is 354 Å². The van der Waals surface area contributed by atoms with Crippen LogP contribution in [0.4, 0.5) is 0 Å². The van der Waals surface area contributed by atoms with E-state index in [0.29, 0.717) is 17.2 Å². The topological polar surface area (TPSA) is 60.7 Å². The first-order chi connectivity index (χ1) is 26.0. The minimum atomic E-state index is -0.240. The van der Waals surface area contributed by atoms with Gasteiger partial charge in [0.15, 0.2) is 0 Å². The Bertz CT molecular complexity index is 1970. The van der Waals surface area contributed by atoms with Crippen LogP contribution in [0.5, 0.6) is 17.2 Å². The van der Waals surface area contributed by atoms with Crippen LogP contribution in [-0.4, -0.2) is 15.3 Å². The van der Waals surface area contributed by atoms with Crippen molar-refractivity contribution in [1.82, 2.24) is 0 Å². The summed E-state index contributed by atoms with van der Waals surface area (Å²) in [6, 6.07) is 13.5. The van der Waals surface area contributed by atoms with Crippen LogP contribution in [-0.2, 0) is 45.3 Å². The Balaban J connectivity index is 2.15. The Hall–Kier alpha value is -3.72. The molecule has 4 aromatic carbocycles. The van der Waals surface area contributed by atoms with Gasteiger partial charge in [0.05, 0.1) is 0 Å². The average molecular weight is 789 g/mol. The molecule has 0 aromatic heterocycles. The maximum absolute atomic E-state index is 11.7. The minimum Gasteiger partial charge on any atom is -0.507 e. The fourth-order valence-corrected chi connectivity index (χ4v) is 9.04. The van der Waals surface area contributed by atoms with Gasteiger partial charge in [0.25, 0.3) is 0 Å². The lowest BCUT2D eigenvalue weighted by molar-refractivity contribution is 0.421. The van der Waals surface area contributed by atoms with Gasteiger partial charge in [0, 0.05) is 5.92 Å². The van der Waals surface area contributed by atoms with Gasteiger partial charge in [0.1, 0.15) is 17.2 Å². The van der Waals surface area contributed by atoms with E-state index in [2.05, 4.69) is 189 Å². The lowest BCUT2D eigenvalue weighted by Crippen LogP contribution is -2.19. The van der Waals surface area contributed by atoms with Crippen molar-refractivity contribution in [1.29, 1.82) is 0 Å². The number of hydrogen-bond acceptors (Lipinski definition) is 3. The van der Waals surface area contributed by atoms with Gasteiger partial charge < -0.3 is 15.3 Å². The molecule has 58 heavy (non-hydrogen) atoms. The standard InChI is InChI=1S/C55H80O3/c1-31(37-29-44(54(17,18)19)49(58)45(30-37)55(20,21)22)46-33(3)38(23-35-25-40(50(5,6)7)47(56)41(26-35)51(8,9)10)32(2)39(34(46)4)24-36-27-42(52(11,12)13)48(57)43(28-36)53(14,15)16/h25-31,56-58H,23-24H2,1-22H3. The molecular formula is C55H80O3. The van der Waals surface area contributed by atoms with Crippen molar-refractivity contribution in [2.75, 3.05) is 0 Å². The monoisotopic (exact) mass is 789 g/mol. The molecule has 0 aliphatic heterocycles. The smallest absolute Gasteiger partial charge is 0.123 e. The third kappa shape index (κ3) is 9.50. The summed E-state index contributed by atoms with van der Waals surface area (Å²) >= 11 is 0. The normalized spacial score (nSPS) is 14.0. The molecule has 4 rings (SSSR count). The van der Waals surface area contributed by atoms with Crippen LogP contribution < -0.4 is 0 Å². The Morgan fingerprint density at radius 1 is 0.379 bits per heavy atom. The highest BCUT2D eigenvalue weighted by atomic mass is 16.3. The van der Waals surface area contributed by atoms with Gasteiger partial charge in [-0.25, -0.2) is 0 Å². The van der Waals surface area contributed by atoms with E-state index in [1.807, 2.05) is 0 Å². The summed E-state index contributed by atoms with van der Waals surface area (Å²) in [6.07, 6.45) is 1.48. The summed E-state index contributed by atoms with van der Waals surface area (Å²) in [5, 5.41) is 35.1. The number of hydrogen-bond donors (Lipinski definition) is 3. The molecule has 0 saturated carbocycles. The summed E-state index contributed by atoms with van der Waals surface area (Å²) < 4.78 is 0. The molecule has 0 heterocycles. The van der Waals surface area contributed by atoms with E-state index in [0.717, 1.165) is 46.2 Å². The zero-order valence-electron chi connectivity index (χ0n) is 40.8. The number of rotatable bonds is 6. The van der Waals surface area contributed by atoms with Crippen molar-refractivity contribution in [2.24, 2.45) is 0 Å². The highest BCUT2D eigenvalue weighted by Crippen LogP contribution is 2.46. The van der Waals surface area contributed by atoms with E-state index >= 15 is 0 Å². The molecule has 3 heteroatoms. The molecule has 3 nitrogen and oxygen atoms in total. The van der Waals surface area contributed by atoms with Gasteiger partial charge >= 0.3 is 0 Å². The molecule has 0 amide bonds. The molecule has 0 spiro atoms. The highest BCUT2D eigenvalue weighted by molar-refractivity contribution is 5.60. The van der Waals surface area contributed by atoms with E-state index in [1.54, 1.807) is 0 Å². The molecule has 4 aromatic rings. The molecule has 0 radical (unpaired) electrons. The van der Waals surface area contributed by atoms with Crippen molar-refractivity contribution in [3.63, 3.8) is 0 Å². The van der Waals surface area contributed by atoms with Gasteiger partial charge in [-0.2, -0.15) is 0 Å². The van der Waals surface area contributed by atoms with Gasteiger partial charge in [0.2, 0.25) is 0 Å². The van der Waals surface area contributed by atoms with Crippen LogP contribution in [0, 0.1) is 20.8 Å². The average Bonchev–Trinajstić information content (AvgIpc) is 3.03. The maximum atomic E-state index is 11.7. The van der Waals surface area contributed by atoms with E-state index in [4.69, 9.17) is 0 Å². The number of benzene rings is 4. The molecule has 0 saturated heterocycles. The molecule has 318 valence electrons. The van der Waals surface area contributed by atoms with E-state index in [1.165, 1.54) is 50.1 Å². The summed E-state index contributed by atoms with van der Waals surface area (Å²) in [7, 11) is 0. The predicted octanol–water partition coefficient (Wildman–Crippen LogP) is 14.8. The third-order valence-electron chi connectivity index (χ3n) is 12.6. The van der Waals surface area contributed by atoms with Gasteiger partial charge in [-0.05, 0) is 150 Å². The number of phenolic OH excluding ortho intramolecular Hbond substituents is 3. The van der Waals surface area contributed by atoms with Crippen LogP contribution in [0.1, 0.15) is 221 Å². The Morgan fingerprint density at radius 3 is 0.828 bits per heavy atom. The minimum absolute atomic E-state index is 0.0473. The first kappa shape index (κ1) is 47.0. The Kier molecular flexibility index (Phi) is 12.5. The maximum Gasteiger partial charge on any atom is 0.123 e. The first-order valence-corrected chi connectivity index (χ1v) is 21.7. The highest BCUT2D eigenvalue weighted by Gasteiger charge is 2.32. The fraction of sp³-hybridized carbons (Fsp3) is 0.564. The third-order valence-corrected chi connectivity index (χ3v) is 12.6. The second kappa shape index (κ2) is 15.4. The lowest BCUT2D eigenvalue weighted by atomic mass is 9.73. The van der Waals surface area contributed by atoms with Crippen LogP contribution in [0.15, 0.2) is 36.4 Å². The number of phenols is 3. The van der Waals surface area contributed by atoms with E-state index in [9.17, 15) is 15.3 Å². The van der Waals surface area contributed by atoms with Gasteiger partial charge in [-0.1, -0.05) is 168 Å². The summed E-state index contributed by atoms with van der Waals surface area (Å²) in [6.45, 7) is 48.6. The predicted molar refractivity (Wildman–Crippen MR) is 250 cm³/mol. The molecular weight excluding hydrogens is 709 g/mol. The number of aromatic hydroxyl groups is 3. The van der Waals surface area contributed by atoms with Gasteiger partial charge in [-0.15, -0.1) is 0 Å². The van der Waals surface area contributed by atoms with Crippen molar-refractivity contribution in [3.05, 3.63) is 120 Å². The summed E-state index contributed by atoms with van der Waals surface area (Å²) in [5.74, 6) is 1.27. The zero-order valence-corrected chi connectivity index (χ0v) is 40.8. The quantitative estimate of drug-likeness (QED) is 0.182. The van der Waals surface area contributed by atoms with Gasteiger partial charge in [-0.3, -0.25) is 0 Å². The second-order valence-electron chi connectivity index (χ2n) is 23.9. The van der Waals surface area contributed by atoms with Crippen molar-refractivity contribution in [3.8, 4) is 17.2 Å². The molecule has 0 fully saturated rings. The Morgan fingerprint density at radius 2 is 0.603 bits per heavy atom. The first-order valence-electron chi connectivity index (χ1n) is 21.7. The molecule has 0 aliphatic rings. The van der Waals surface area contributed by atoms with Crippen LogP contribution >= 0.6 is 0 Å². The zero-order chi connectivity index (χ0) is 44.6. The van der Waals surface area contributed by atoms with E-state index in [-0.39, 0.29) is 38.4 Å². The molecule has 3 N–H and O–H groups in total. The molecule has 1 atom stereocenters. The fourth-order valence-electron chi connectivity index (χ4n) is 9.04. The van der Waals surface area contributed by atoms with E-state index < -0.39 is 0 Å². The van der Waals surface area contributed by atoms with Crippen molar-refractivity contribution >= 4 is 0 Å². The van der Waals surface area contributed by atoms with Crippen molar-refractivity contribution in [2.45, 2.75) is 204 Å². The molecule has 0 bridgehead atoms. The van der Waals surface area contributed by atoms with Crippen LogP contribution in [0.25, 0.3) is 0 Å². The summed E-state index contributed by atoms with van der Waals surface area (Å²) in [4.78, 5) is 0. The molecule has 0 aliphatic carbocycles. The SMILES string of the molecule is Cc1c(Cc2cc(C(C)(C)C)c(O)c(C(C)(C)C)c2)c(C)c(C(C)c2cc(C(C)(C)C)c(O)c(C(C)(C)C)c2)c(C)c1Cc1cc(C(C)(C)C)c(O)c(C(C)(C)C)c1.